The molecule has 3 N–H and O–H groups in total. The lowest BCUT2D eigenvalue weighted by Crippen LogP contribution is -2.36. The summed E-state index contributed by atoms with van der Waals surface area (Å²) in [6.45, 7) is 4.00. The van der Waals surface area contributed by atoms with Crippen LogP contribution in [0.15, 0.2) is 24.3 Å². The van der Waals surface area contributed by atoms with E-state index in [4.69, 9.17) is 0 Å². The third-order valence-electron chi connectivity index (χ3n) is 5.35. The fourth-order valence-electron chi connectivity index (χ4n) is 3.83. The zero-order valence-corrected chi connectivity index (χ0v) is 15.5. The van der Waals surface area contributed by atoms with E-state index in [2.05, 4.69) is 15.5 Å². The summed E-state index contributed by atoms with van der Waals surface area (Å²) < 4.78 is 14.4. The summed E-state index contributed by atoms with van der Waals surface area (Å²) in [6, 6.07) is 4.70. The first-order valence-electron chi connectivity index (χ1n) is 8.78. The number of nitrogens with zero attached hydrogens (tertiary/aromatic N) is 2. The Bertz CT molecular complexity index is 847. The molecule has 3 atom stereocenters. The van der Waals surface area contributed by atoms with Crippen LogP contribution in [0.4, 0.5) is 4.39 Å². The predicted molar refractivity (Wildman–Crippen MR) is 96.3 cm³/mol. The molecule has 0 unspecified atom stereocenters. The second kappa shape index (κ2) is 7.48. The van der Waals surface area contributed by atoms with Gasteiger partial charge in [-0.2, -0.15) is 5.10 Å². The van der Waals surface area contributed by atoms with Gasteiger partial charge in [0.25, 0.3) is 0 Å². The van der Waals surface area contributed by atoms with E-state index in [1.54, 1.807) is 30.1 Å². The highest BCUT2D eigenvalue weighted by molar-refractivity contribution is 5.83. The van der Waals surface area contributed by atoms with Crippen LogP contribution in [-0.4, -0.2) is 45.2 Å². The molecule has 2 heterocycles. The van der Waals surface area contributed by atoms with E-state index in [0.29, 0.717) is 5.56 Å². The molecule has 1 fully saturated rings. The lowest BCUT2D eigenvalue weighted by molar-refractivity contribution is -0.142. The molecule has 7 nitrogen and oxygen atoms in total. The summed E-state index contributed by atoms with van der Waals surface area (Å²) in [5.74, 6) is -2.42. The number of likely N-dealkylation sites (N-methyl/N-ethyl adjacent to an activating group) is 1. The number of aliphatic carboxylic acids is 1. The van der Waals surface area contributed by atoms with E-state index >= 15 is 0 Å². The molecular weight excluding hydrogens is 351 g/mol. The number of carboxylic acids is 1. The number of hydrogen-bond donors (Lipinski definition) is 3. The highest BCUT2D eigenvalue weighted by atomic mass is 19.1. The van der Waals surface area contributed by atoms with Crippen LogP contribution in [0.1, 0.15) is 35.0 Å². The van der Waals surface area contributed by atoms with Crippen molar-refractivity contribution in [1.82, 2.24) is 20.4 Å². The second-order valence-electron chi connectivity index (χ2n) is 6.96. The van der Waals surface area contributed by atoms with Gasteiger partial charge in [0, 0.05) is 29.4 Å². The number of halogens is 1. The van der Waals surface area contributed by atoms with E-state index in [0.717, 1.165) is 17.0 Å². The van der Waals surface area contributed by atoms with Crippen LogP contribution in [0.25, 0.3) is 0 Å². The Morgan fingerprint density at radius 2 is 2.07 bits per heavy atom. The maximum absolute atomic E-state index is 14.4. The van der Waals surface area contributed by atoms with Crippen molar-refractivity contribution in [1.29, 1.82) is 0 Å². The third kappa shape index (κ3) is 3.57. The SMILES string of the molecule is Cc1n[nH]c(C)c1CNC(=O)[C@H]1C[C@@H](C(=O)O)N(C)[C@H]1c1ccccc1F. The minimum Gasteiger partial charge on any atom is -0.480 e. The van der Waals surface area contributed by atoms with Crippen LogP contribution < -0.4 is 5.32 Å². The molecule has 0 radical (unpaired) electrons. The van der Waals surface area contributed by atoms with Crippen molar-refractivity contribution in [3.05, 3.63) is 52.6 Å². The van der Waals surface area contributed by atoms with Crippen LogP contribution in [0.2, 0.25) is 0 Å². The molecule has 0 aliphatic carbocycles. The maximum atomic E-state index is 14.4. The number of carbonyl (C=O) groups is 2. The van der Waals surface area contributed by atoms with Gasteiger partial charge in [0.1, 0.15) is 11.9 Å². The van der Waals surface area contributed by atoms with Gasteiger partial charge in [-0.05, 0) is 33.4 Å². The molecule has 1 aromatic carbocycles. The lowest BCUT2D eigenvalue weighted by atomic mass is 9.92. The van der Waals surface area contributed by atoms with Crippen molar-refractivity contribution >= 4 is 11.9 Å². The first-order valence-corrected chi connectivity index (χ1v) is 8.78. The van der Waals surface area contributed by atoms with Gasteiger partial charge < -0.3 is 10.4 Å². The van der Waals surface area contributed by atoms with Crippen LogP contribution in [0.3, 0.4) is 0 Å². The zero-order valence-electron chi connectivity index (χ0n) is 15.5. The number of nitrogens with one attached hydrogen (secondary N) is 2. The number of amides is 1. The predicted octanol–water partition coefficient (Wildman–Crippen LogP) is 1.93. The number of benzene rings is 1. The van der Waals surface area contributed by atoms with Crippen molar-refractivity contribution in [2.75, 3.05) is 7.05 Å². The molecule has 27 heavy (non-hydrogen) atoms. The van der Waals surface area contributed by atoms with Crippen molar-refractivity contribution in [3.63, 3.8) is 0 Å². The third-order valence-corrected chi connectivity index (χ3v) is 5.35. The number of aromatic amines is 1. The lowest BCUT2D eigenvalue weighted by Gasteiger charge is -2.26. The van der Waals surface area contributed by atoms with E-state index < -0.39 is 29.8 Å². The van der Waals surface area contributed by atoms with Crippen LogP contribution in [0.5, 0.6) is 0 Å². The molecule has 1 amide bonds. The summed E-state index contributed by atoms with van der Waals surface area (Å²) in [5.41, 5.74) is 2.89. The van der Waals surface area contributed by atoms with Crippen LogP contribution >= 0.6 is 0 Å². The molecule has 2 aromatic rings. The first-order chi connectivity index (χ1) is 12.8. The summed E-state index contributed by atoms with van der Waals surface area (Å²) in [4.78, 5) is 26.1. The number of carbonyl (C=O) groups excluding carboxylic acids is 1. The Morgan fingerprint density at radius 3 is 2.67 bits per heavy atom. The van der Waals surface area contributed by atoms with Gasteiger partial charge in [0.05, 0.1) is 11.6 Å². The summed E-state index contributed by atoms with van der Waals surface area (Å²) in [7, 11) is 1.62. The van der Waals surface area contributed by atoms with Crippen molar-refractivity contribution in [3.8, 4) is 0 Å². The van der Waals surface area contributed by atoms with Gasteiger partial charge in [-0.15, -0.1) is 0 Å². The van der Waals surface area contributed by atoms with E-state index in [1.165, 1.54) is 6.07 Å². The molecule has 1 aliphatic heterocycles. The standard InChI is InChI=1S/C19H23FN4O3/c1-10-14(11(2)23-22-10)9-21-18(25)13-8-16(19(26)27)24(3)17(13)12-6-4-5-7-15(12)20/h4-7,13,16-17H,8-9H2,1-3H3,(H,21,25)(H,22,23)(H,26,27)/t13-,16-,17-/m0/s1. The van der Waals surface area contributed by atoms with E-state index in [9.17, 15) is 19.1 Å². The highest BCUT2D eigenvalue weighted by Crippen LogP contribution is 2.41. The smallest absolute Gasteiger partial charge is 0.320 e. The number of aromatic nitrogens is 2. The minimum atomic E-state index is -1.02. The Labute approximate surface area is 156 Å². The largest absolute Gasteiger partial charge is 0.480 e. The quantitative estimate of drug-likeness (QED) is 0.743. The summed E-state index contributed by atoms with van der Waals surface area (Å²) >= 11 is 0. The van der Waals surface area contributed by atoms with E-state index in [-0.39, 0.29) is 18.9 Å². The van der Waals surface area contributed by atoms with Crippen molar-refractivity contribution in [2.24, 2.45) is 5.92 Å². The average molecular weight is 374 g/mol. The summed E-state index contributed by atoms with van der Waals surface area (Å²) in [5, 5.41) is 19.3. The first kappa shape index (κ1) is 19.0. The van der Waals surface area contributed by atoms with Crippen LogP contribution in [0, 0.1) is 25.6 Å². The monoisotopic (exact) mass is 374 g/mol. The van der Waals surface area contributed by atoms with Gasteiger partial charge in [-0.25, -0.2) is 4.39 Å². The minimum absolute atomic E-state index is 0.125. The fraction of sp³-hybridized carbons (Fsp3) is 0.421. The van der Waals surface area contributed by atoms with Gasteiger partial charge >= 0.3 is 5.97 Å². The van der Waals surface area contributed by atoms with Gasteiger partial charge in [-0.3, -0.25) is 19.6 Å². The number of carboxylic acid groups (broad SMARTS) is 1. The van der Waals surface area contributed by atoms with Crippen LogP contribution in [-0.2, 0) is 16.1 Å². The number of rotatable bonds is 5. The number of aryl methyl sites for hydroxylation is 2. The number of likely N-dealkylation sites (tertiary alicyclic amines) is 1. The molecule has 0 spiro atoms. The molecule has 1 aromatic heterocycles. The Balaban J connectivity index is 1.85. The summed E-state index contributed by atoms with van der Waals surface area (Å²) in [6.07, 6.45) is 0.125. The molecule has 3 rings (SSSR count). The Hall–Kier alpha value is -2.74. The average Bonchev–Trinajstić information content (AvgIpc) is 3.13. The van der Waals surface area contributed by atoms with Crippen molar-refractivity contribution in [2.45, 2.75) is 38.9 Å². The Morgan fingerprint density at radius 1 is 1.37 bits per heavy atom. The fourth-order valence-corrected chi connectivity index (χ4v) is 3.83. The zero-order chi connectivity index (χ0) is 19.7. The second-order valence-corrected chi connectivity index (χ2v) is 6.96. The Kier molecular flexibility index (Phi) is 5.27. The molecule has 1 aliphatic rings. The topological polar surface area (TPSA) is 98.3 Å². The molecule has 144 valence electrons. The molecule has 0 saturated carbocycles. The van der Waals surface area contributed by atoms with E-state index in [1.807, 2.05) is 13.8 Å². The molecular formula is C19H23FN4O3. The van der Waals surface area contributed by atoms with Gasteiger partial charge in [0.15, 0.2) is 0 Å². The maximum Gasteiger partial charge on any atom is 0.320 e. The van der Waals surface area contributed by atoms with Gasteiger partial charge in [-0.1, -0.05) is 18.2 Å². The molecule has 0 bridgehead atoms. The van der Waals surface area contributed by atoms with Crippen molar-refractivity contribution < 1.29 is 19.1 Å². The highest BCUT2D eigenvalue weighted by Gasteiger charge is 2.47. The van der Waals surface area contributed by atoms with Gasteiger partial charge in [0.2, 0.25) is 5.91 Å². The normalized spacial score (nSPS) is 22.7. The number of H-pyrrole nitrogens is 1. The molecule has 8 heteroatoms. The molecule has 1 saturated heterocycles. The number of hydrogen-bond acceptors (Lipinski definition) is 4.